The van der Waals surface area contributed by atoms with Crippen LogP contribution in [0, 0.1) is 6.92 Å². The van der Waals surface area contributed by atoms with E-state index < -0.39 is 0 Å². The molecule has 24 heavy (non-hydrogen) atoms. The molecule has 2 aromatic carbocycles. The summed E-state index contributed by atoms with van der Waals surface area (Å²) in [6.07, 6.45) is 2.87. The van der Waals surface area contributed by atoms with Crippen molar-refractivity contribution in [3.8, 4) is 5.69 Å². The Balaban J connectivity index is 1.52. The SMILES string of the molecule is Cc1cccc2c1N(C(=O)Cc1ccc(-n3cnnn3)cc1)CC2. The molecule has 0 unspecified atom stereocenters. The van der Waals surface area contributed by atoms with E-state index in [0.717, 1.165) is 35.5 Å². The van der Waals surface area contributed by atoms with Crippen LogP contribution in [0.4, 0.5) is 5.69 Å². The summed E-state index contributed by atoms with van der Waals surface area (Å²) in [6.45, 7) is 2.83. The third-order valence-corrected chi connectivity index (χ3v) is 4.40. The molecule has 0 atom stereocenters. The number of rotatable bonds is 3. The van der Waals surface area contributed by atoms with Crippen LogP contribution < -0.4 is 4.90 Å². The Labute approximate surface area is 139 Å². The molecule has 0 N–H and O–H groups in total. The fourth-order valence-electron chi connectivity index (χ4n) is 3.22. The molecule has 4 rings (SSSR count). The minimum atomic E-state index is 0.137. The molecular weight excluding hydrogens is 302 g/mol. The maximum absolute atomic E-state index is 12.7. The number of hydrogen-bond donors (Lipinski definition) is 0. The quantitative estimate of drug-likeness (QED) is 0.741. The van der Waals surface area contributed by atoms with Crippen LogP contribution in [0.1, 0.15) is 16.7 Å². The van der Waals surface area contributed by atoms with Crippen molar-refractivity contribution in [2.45, 2.75) is 19.8 Å². The van der Waals surface area contributed by atoms with Crippen molar-refractivity contribution in [2.24, 2.45) is 0 Å². The van der Waals surface area contributed by atoms with E-state index in [4.69, 9.17) is 0 Å². The first-order valence-electron chi connectivity index (χ1n) is 7.93. The minimum absolute atomic E-state index is 0.137. The Morgan fingerprint density at radius 3 is 2.75 bits per heavy atom. The lowest BCUT2D eigenvalue weighted by Gasteiger charge is -2.19. The Morgan fingerprint density at radius 1 is 1.17 bits per heavy atom. The molecule has 1 amide bonds. The summed E-state index contributed by atoms with van der Waals surface area (Å²) in [4.78, 5) is 14.6. The highest BCUT2D eigenvalue weighted by Gasteiger charge is 2.25. The topological polar surface area (TPSA) is 63.9 Å². The number of benzene rings is 2. The van der Waals surface area contributed by atoms with E-state index >= 15 is 0 Å². The van der Waals surface area contributed by atoms with Crippen LogP contribution in [-0.2, 0) is 17.6 Å². The number of aryl methyl sites for hydroxylation is 1. The van der Waals surface area contributed by atoms with Crippen molar-refractivity contribution in [1.29, 1.82) is 0 Å². The highest BCUT2D eigenvalue weighted by atomic mass is 16.2. The molecule has 1 aliphatic heterocycles. The molecule has 0 bridgehead atoms. The lowest BCUT2D eigenvalue weighted by molar-refractivity contribution is -0.117. The van der Waals surface area contributed by atoms with Crippen molar-refractivity contribution < 1.29 is 4.79 Å². The highest BCUT2D eigenvalue weighted by molar-refractivity contribution is 5.97. The molecule has 6 nitrogen and oxygen atoms in total. The molecular formula is C18H17N5O. The molecule has 0 fully saturated rings. The molecule has 0 aliphatic carbocycles. The number of amides is 1. The molecule has 0 saturated carbocycles. The summed E-state index contributed by atoms with van der Waals surface area (Å²) in [5.74, 6) is 0.137. The third kappa shape index (κ3) is 2.56. The molecule has 120 valence electrons. The van der Waals surface area contributed by atoms with Gasteiger partial charge in [0.05, 0.1) is 12.1 Å². The Bertz CT molecular complexity index is 871. The fourth-order valence-corrected chi connectivity index (χ4v) is 3.22. The zero-order valence-electron chi connectivity index (χ0n) is 13.4. The molecule has 0 radical (unpaired) electrons. The number of carbonyl (C=O) groups is 1. The van der Waals surface area contributed by atoms with Crippen LogP contribution in [0.5, 0.6) is 0 Å². The smallest absolute Gasteiger partial charge is 0.231 e. The fraction of sp³-hybridized carbons (Fsp3) is 0.222. The zero-order valence-corrected chi connectivity index (χ0v) is 13.4. The third-order valence-electron chi connectivity index (χ3n) is 4.40. The van der Waals surface area contributed by atoms with Gasteiger partial charge in [-0.2, -0.15) is 0 Å². The zero-order chi connectivity index (χ0) is 16.5. The van der Waals surface area contributed by atoms with Crippen molar-refractivity contribution >= 4 is 11.6 Å². The molecule has 1 aliphatic rings. The number of hydrogen-bond acceptors (Lipinski definition) is 4. The number of aromatic nitrogens is 4. The van der Waals surface area contributed by atoms with Gasteiger partial charge in [0.15, 0.2) is 0 Å². The van der Waals surface area contributed by atoms with Gasteiger partial charge in [0, 0.05) is 12.2 Å². The number of fused-ring (bicyclic) bond motifs is 1. The second-order valence-electron chi connectivity index (χ2n) is 5.98. The highest BCUT2D eigenvalue weighted by Crippen LogP contribution is 2.31. The minimum Gasteiger partial charge on any atom is -0.311 e. The summed E-state index contributed by atoms with van der Waals surface area (Å²) in [5, 5.41) is 11.1. The van der Waals surface area contributed by atoms with E-state index in [1.54, 1.807) is 11.0 Å². The van der Waals surface area contributed by atoms with Crippen molar-refractivity contribution in [3.05, 3.63) is 65.5 Å². The van der Waals surface area contributed by atoms with Gasteiger partial charge in [0.1, 0.15) is 6.33 Å². The van der Waals surface area contributed by atoms with Crippen LogP contribution in [0.25, 0.3) is 5.69 Å². The Hall–Kier alpha value is -3.02. The van der Waals surface area contributed by atoms with E-state index in [9.17, 15) is 4.79 Å². The van der Waals surface area contributed by atoms with Gasteiger partial charge in [-0.3, -0.25) is 4.79 Å². The first-order chi connectivity index (χ1) is 11.7. The summed E-state index contributed by atoms with van der Waals surface area (Å²) in [5.41, 5.74) is 5.37. The van der Waals surface area contributed by atoms with Crippen molar-refractivity contribution in [3.63, 3.8) is 0 Å². The van der Waals surface area contributed by atoms with E-state index in [-0.39, 0.29) is 5.91 Å². The van der Waals surface area contributed by atoms with Crippen LogP contribution in [-0.4, -0.2) is 32.7 Å². The lowest BCUT2D eigenvalue weighted by atomic mass is 10.1. The Kier molecular flexibility index (Phi) is 3.57. The van der Waals surface area contributed by atoms with Gasteiger partial charge in [0.2, 0.25) is 5.91 Å². The maximum atomic E-state index is 12.7. The van der Waals surface area contributed by atoms with Gasteiger partial charge in [-0.25, -0.2) is 4.68 Å². The van der Waals surface area contributed by atoms with E-state index in [1.165, 1.54) is 5.56 Å². The average molecular weight is 319 g/mol. The molecule has 3 aromatic rings. The standard InChI is InChI=1S/C18H17N5O/c1-13-3-2-4-15-9-10-22(18(13)15)17(24)11-14-5-7-16(8-6-14)23-12-19-20-21-23/h2-8,12H,9-11H2,1H3. The second kappa shape index (κ2) is 5.88. The van der Waals surface area contributed by atoms with Crippen LogP contribution >= 0.6 is 0 Å². The van der Waals surface area contributed by atoms with Crippen LogP contribution in [0.2, 0.25) is 0 Å². The average Bonchev–Trinajstić information content (AvgIpc) is 3.26. The van der Waals surface area contributed by atoms with Crippen LogP contribution in [0.3, 0.4) is 0 Å². The van der Waals surface area contributed by atoms with Gasteiger partial charge in [-0.1, -0.05) is 30.3 Å². The molecule has 2 heterocycles. The lowest BCUT2D eigenvalue weighted by Crippen LogP contribution is -2.30. The van der Waals surface area contributed by atoms with Crippen LogP contribution in [0.15, 0.2) is 48.8 Å². The second-order valence-corrected chi connectivity index (χ2v) is 5.98. The normalized spacial score (nSPS) is 13.1. The van der Waals surface area contributed by atoms with Gasteiger partial charge < -0.3 is 4.90 Å². The van der Waals surface area contributed by atoms with Crippen molar-refractivity contribution in [2.75, 3.05) is 11.4 Å². The number of para-hydroxylation sites is 1. The first kappa shape index (κ1) is 14.6. The van der Waals surface area contributed by atoms with Gasteiger partial charge >= 0.3 is 0 Å². The number of anilines is 1. The van der Waals surface area contributed by atoms with Crippen molar-refractivity contribution in [1.82, 2.24) is 20.2 Å². The number of carbonyl (C=O) groups excluding carboxylic acids is 1. The summed E-state index contributed by atoms with van der Waals surface area (Å²) in [7, 11) is 0. The predicted molar refractivity (Wildman–Crippen MR) is 90.1 cm³/mol. The molecule has 1 aromatic heterocycles. The van der Waals surface area contributed by atoms with E-state index in [0.29, 0.717) is 6.42 Å². The van der Waals surface area contributed by atoms with Gasteiger partial charge in [0.25, 0.3) is 0 Å². The predicted octanol–water partition coefficient (Wildman–Crippen LogP) is 2.10. The Morgan fingerprint density at radius 2 is 2.00 bits per heavy atom. The number of tetrazole rings is 1. The van der Waals surface area contributed by atoms with Gasteiger partial charge in [-0.05, 0) is 52.6 Å². The van der Waals surface area contributed by atoms with E-state index in [2.05, 4.69) is 40.6 Å². The van der Waals surface area contributed by atoms with E-state index in [1.807, 2.05) is 29.2 Å². The molecule has 6 heteroatoms. The summed E-state index contributed by atoms with van der Waals surface area (Å²) in [6, 6.07) is 14.0. The molecule has 0 saturated heterocycles. The van der Waals surface area contributed by atoms with Gasteiger partial charge in [-0.15, -0.1) is 5.10 Å². The monoisotopic (exact) mass is 319 g/mol. The summed E-state index contributed by atoms with van der Waals surface area (Å²) >= 11 is 0. The first-order valence-corrected chi connectivity index (χ1v) is 7.93. The molecule has 0 spiro atoms. The number of nitrogens with zero attached hydrogens (tertiary/aromatic N) is 5. The summed E-state index contributed by atoms with van der Waals surface area (Å²) < 4.78 is 1.59. The maximum Gasteiger partial charge on any atom is 0.231 e. The largest absolute Gasteiger partial charge is 0.311 e.